The Balaban J connectivity index is 1.73. The molecular formula is C16H22N2O2. The number of ether oxygens (including phenoxy) is 1. The number of carbonyl (C=O) groups excluding carboxylic acids is 1. The van der Waals surface area contributed by atoms with Crippen molar-refractivity contribution in [1.82, 2.24) is 4.90 Å². The molecule has 0 saturated carbocycles. The molecule has 2 heterocycles. The maximum Gasteiger partial charge on any atom is 0.242 e. The molecule has 2 aliphatic rings. The Morgan fingerprint density at radius 1 is 1.45 bits per heavy atom. The number of likely N-dealkylation sites (tertiary alicyclic amines) is 1. The number of nitrogens with one attached hydrogen (secondary N) is 1. The summed E-state index contributed by atoms with van der Waals surface area (Å²) < 4.78 is 5.23. The van der Waals surface area contributed by atoms with E-state index in [0.717, 1.165) is 38.2 Å². The number of methoxy groups -OCH3 is 1. The highest BCUT2D eigenvalue weighted by molar-refractivity contribution is 5.98. The molecule has 1 saturated heterocycles. The van der Waals surface area contributed by atoms with Gasteiger partial charge in [-0.3, -0.25) is 9.69 Å². The van der Waals surface area contributed by atoms with Gasteiger partial charge < -0.3 is 10.1 Å². The lowest BCUT2D eigenvalue weighted by Gasteiger charge is -2.31. The van der Waals surface area contributed by atoms with Gasteiger partial charge in [-0.1, -0.05) is 12.1 Å². The molecular weight excluding hydrogens is 252 g/mol. The van der Waals surface area contributed by atoms with Crippen LogP contribution < -0.4 is 5.32 Å². The van der Waals surface area contributed by atoms with Gasteiger partial charge in [-0.15, -0.1) is 0 Å². The molecule has 2 atom stereocenters. The molecule has 2 unspecified atom stereocenters. The molecule has 1 aromatic rings. The molecule has 4 nitrogen and oxygen atoms in total. The van der Waals surface area contributed by atoms with Crippen LogP contribution in [0.5, 0.6) is 0 Å². The first kappa shape index (κ1) is 13.6. The van der Waals surface area contributed by atoms with Gasteiger partial charge in [-0.25, -0.2) is 0 Å². The minimum absolute atomic E-state index is 0.0212. The van der Waals surface area contributed by atoms with E-state index in [1.807, 2.05) is 6.92 Å². The number of amides is 1. The van der Waals surface area contributed by atoms with Gasteiger partial charge in [0.1, 0.15) is 0 Å². The van der Waals surface area contributed by atoms with Crippen LogP contribution in [0.4, 0.5) is 5.69 Å². The lowest BCUT2D eigenvalue weighted by Crippen LogP contribution is -2.47. The van der Waals surface area contributed by atoms with Gasteiger partial charge in [-0.2, -0.15) is 0 Å². The van der Waals surface area contributed by atoms with Crippen molar-refractivity contribution in [2.45, 2.75) is 25.8 Å². The van der Waals surface area contributed by atoms with Crippen LogP contribution in [0.25, 0.3) is 0 Å². The third kappa shape index (κ3) is 2.58. The fraction of sp³-hybridized carbons (Fsp3) is 0.562. The number of nitrogens with zero attached hydrogens (tertiary/aromatic N) is 1. The number of hydrogen-bond acceptors (Lipinski definition) is 3. The van der Waals surface area contributed by atoms with Gasteiger partial charge >= 0.3 is 0 Å². The summed E-state index contributed by atoms with van der Waals surface area (Å²) in [5.74, 6) is 0.702. The minimum Gasteiger partial charge on any atom is -0.384 e. The number of hydrogen-bond donors (Lipinski definition) is 1. The standard InChI is InChI=1S/C16H22N2O2/c1-11-3-4-13-8-15(16(19)17-14(13)7-11)18-6-5-12(9-18)10-20-2/h3-4,7,12,15H,5-6,8-10H2,1-2H3,(H,17,19). The molecule has 1 aromatic carbocycles. The zero-order valence-electron chi connectivity index (χ0n) is 12.2. The molecule has 0 bridgehead atoms. The van der Waals surface area contributed by atoms with E-state index in [9.17, 15) is 4.79 Å². The van der Waals surface area contributed by atoms with E-state index in [-0.39, 0.29) is 11.9 Å². The number of fused-ring (bicyclic) bond motifs is 1. The van der Waals surface area contributed by atoms with Crippen molar-refractivity contribution in [3.63, 3.8) is 0 Å². The van der Waals surface area contributed by atoms with Crippen molar-refractivity contribution < 1.29 is 9.53 Å². The number of aryl methyl sites for hydroxylation is 1. The second-order valence-corrected chi connectivity index (χ2v) is 5.97. The SMILES string of the molecule is COCC1CCN(C2Cc3ccc(C)cc3NC2=O)C1. The Kier molecular flexibility index (Phi) is 3.76. The van der Waals surface area contributed by atoms with Gasteiger partial charge in [0, 0.05) is 19.3 Å². The molecule has 1 fully saturated rings. The maximum absolute atomic E-state index is 12.3. The molecule has 0 spiro atoms. The quantitative estimate of drug-likeness (QED) is 0.914. The summed E-state index contributed by atoms with van der Waals surface area (Å²) in [5, 5.41) is 3.06. The van der Waals surface area contributed by atoms with Gasteiger partial charge in [0.15, 0.2) is 0 Å². The Morgan fingerprint density at radius 2 is 2.30 bits per heavy atom. The Labute approximate surface area is 120 Å². The van der Waals surface area contributed by atoms with Crippen molar-refractivity contribution in [1.29, 1.82) is 0 Å². The van der Waals surface area contributed by atoms with Gasteiger partial charge in [0.25, 0.3) is 0 Å². The summed E-state index contributed by atoms with van der Waals surface area (Å²) in [4.78, 5) is 14.6. The van der Waals surface area contributed by atoms with E-state index in [1.54, 1.807) is 7.11 Å². The average Bonchev–Trinajstić information content (AvgIpc) is 2.86. The number of rotatable bonds is 3. The molecule has 1 amide bonds. The highest BCUT2D eigenvalue weighted by Gasteiger charge is 2.35. The predicted molar refractivity (Wildman–Crippen MR) is 78.9 cm³/mol. The Bertz CT molecular complexity index is 515. The molecule has 1 N–H and O–H groups in total. The van der Waals surface area contributed by atoms with Gasteiger partial charge in [-0.05, 0) is 49.4 Å². The number of anilines is 1. The molecule has 20 heavy (non-hydrogen) atoms. The highest BCUT2D eigenvalue weighted by Crippen LogP contribution is 2.28. The minimum atomic E-state index is -0.0212. The summed E-state index contributed by atoms with van der Waals surface area (Å²) in [7, 11) is 1.74. The Morgan fingerprint density at radius 3 is 3.10 bits per heavy atom. The van der Waals surface area contributed by atoms with Crippen LogP contribution in [0, 0.1) is 12.8 Å². The van der Waals surface area contributed by atoms with Crippen LogP contribution in [-0.4, -0.2) is 43.7 Å². The Hall–Kier alpha value is -1.39. The van der Waals surface area contributed by atoms with Gasteiger partial charge in [0.2, 0.25) is 5.91 Å². The molecule has 108 valence electrons. The molecule has 0 radical (unpaired) electrons. The zero-order chi connectivity index (χ0) is 14.1. The zero-order valence-corrected chi connectivity index (χ0v) is 12.2. The normalized spacial score (nSPS) is 26.4. The maximum atomic E-state index is 12.3. The largest absolute Gasteiger partial charge is 0.384 e. The summed E-state index contributed by atoms with van der Waals surface area (Å²) in [6.07, 6.45) is 1.94. The smallest absolute Gasteiger partial charge is 0.242 e. The molecule has 0 aliphatic carbocycles. The second-order valence-electron chi connectivity index (χ2n) is 5.97. The first-order valence-corrected chi connectivity index (χ1v) is 7.30. The first-order chi connectivity index (χ1) is 9.67. The van der Waals surface area contributed by atoms with Crippen molar-refractivity contribution in [3.05, 3.63) is 29.3 Å². The fourth-order valence-electron chi connectivity index (χ4n) is 3.31. The lowest BCUT2D eigenvalue weighted by atomic mass is 9.96. The van der Waals surface area contributed by atoms with E-state index < -0.39 is 0 Å². The lowest BCUT2D eigenvalue weighted by molar-refractivity contribution is -0.121. The van der Waals surface area contributed by atoms with Crippen molar-refractivity contribution in [2.24, 2.45) is 5.92 Å². The molecule has 2 aliphatic heterocycles. The average molecular weight is 274 g/mol. The van der Waals surface area contributed by atoms with Crippen molar-refractivity contribution in [3.8, 4) is 0 Å². The van der Waals surface area contributed by atoms with Crippen molar-refractivity contribution in [2.75, 3.05) is 32.1 Å². The van der Waals surface area contributed by atoms with E-state index in [0.29, 0.717) is 5.92 Å². The number of carbonyl (C=O) groups is 1. The highest BCUT2D eigenvalue weighted by atomic mass is 16.5. The van der Waals surface area contributed by atoms with E-state index >= 15 is 0 Å². The predicted octanol–water partition coefficient (Wildman–Crippen LogP) is 1.83. The van der Waals surface area contributed by atoms with Crippen LogP contribution in [-0.2, 0) is 16.0 Å². The molecule has 4 heteroatoms. The van der Waals surface area contributed by atoms with Crippen LogP contribution in [0.1, 0.15) is 17.5 Å². The van der Waals surface area contributed by atoms with E-state index in [4.69, 9.17) is 4.74 Å². The van der Waals surface area contributed by atoms with E-state index in [2.05, 4.69) is 28.4 Å². The summed E-state index contributed by atoms with van der Waals surface area (Å²) in [5.41, 5.74) is 3.41. The summed E-state index contributed by atoms with van der Waals surface area (Å²) in [6, 6.07) is 6.29. The molecule has 3 rings (SSSR count). The third-order valence-corrected chi connectivity index (χ3v) is 4.40. The van der Waals surface area contributed by atoms with Crippen LogP contribution in [0.3, 0.4) is 0 Å². The monoisotopic (exact) mass is 274 g/mol. The third-order valence-electron chi connectivity index (χ3n) is 4.40. The van der Waals surface area contributed by atoms with Crippen molar-refractivity contribution >= 4 is 11.6 Å². The first-order valence-electron chi connectivity index (χ1n) is 7.30. The van der Waals surface area contributed by atoms with Crippen LogP contribution in [0.2, 0.25) is 0 Å². The fourth-order valence-corrected chi connectivity index (χ4v) is 3.31. The molecule has 0 aromatic heterocycles. The van der Waals surface area contributed by atoms with Crippen LogP contribution >= 0.6 is 0 Å². The second kappa shape index (κ2) is 5.54. The number of benzene rings is 1. The van der Waals surface area contributed by atoms with E-state index in [1.165, 1.54) is 11.1 Å². The van der Waals surface area contributed by atoms with Crippen LogP contribution in [0.15, 0.2) is 18.2 Å². The topological polar surface area (TPSA) is 41.6 Å². The summed E-state index contributed by atoms with van der Waals surface area (Å²) in [6.45, 7) is 4.80. The summed E-state index contributed by atoms with van der Waals surface area (Å²) >= 11 is 0. The van der Waals surface area contributed by atoms with Gasteiger partial charge in [0.05, 0.1) is 12.6 Å².